The molecule has 0 heterocycles. The third-order valence-corrected chi connectivity index (χ3v) is 4.44. The van der Waals surface area contributed by atoms with Crippen LogP contribution in [0.15, 0.2) is 24.3 Å². The fraction of sp³-hybridized carbons (Fsp3) is 0.696. The summed E-state index contributed by atoms with van der Waals surface area (Å²) in [6, 6.07) is 8.38. The number of carbonyl (C=O) groups excluding carboxylic acids is 1. The molecule has 0 aliphatic heterocycles. The molecule has 4 heteroatoms. The quantitative estimate of drug-likeness (QED) is 0.303. The van der Waals surface area contributed by atoms with Gasteiger partial charge >= 0.3 is 5.97 Å². The number of hydrogen-bond donors (Lipinski definition) is 0. The average molecular weight is 379 g/mol. The van der Waals surface area contributed by atoms with E-state index in [0.29, 0.717) is 12.5 Å². The van der Waals surface area contributed by atoms with Gasteiger partial charge in [0.1, 0.15) is 12.4 Å². The fourth-order valence-electron chi connectivity index (χ4n) is 3.07. The lowest BCUT2D eigenvalue weighted by Gasteiger charge is -2.36. The van der Waals surface area contributed by atoms with Crippen LogP contribution in [0.4, 0.5) is 0 Å². The second-order valence-corrected chi connectivity index (χ2v) is 9.42. The Kier molecular flexibility index (Phi) is 8.80. The monoisotopic (exact) mass is 378 g/mol. The zero-order valence-electron chi connectivity index (χ0n) is 18.4. The highest BCUT2D eigenvalue weighted by Gasteiger charge is 2.30. The molecule has 1 rings (SSSR count). The van der Waals surface area contributed by atoms with Crippen LogP contribution in [0.2, 0.25) is 0 Å². The molecule has 0 radical (unpaired) electrons. The minimum atomic E-state index is -0.348. The van der Waals surface area contributed by atoms with E-state index in [9.17, 15) is 4.79 Å². The van der Waals surface area contributed by atoms with Crippen LogP contribution >= 0.6 is 0 Å². The molecule has 0 saturated carbocycles. The van der Waals surface area contributed by atoms with Gasteiger partial charge in [-0.25, -0.2) is 0 Å². The van der Waals surface area contributed by atoms with Gasteiger partial charge in [0.25, 0.3) is 0 Å². The summed E-state index contributed by atoms with van der Waals surface area (Å²) < 4.78 is 16.5. The Morgan fingerprint density at radius 3 is 2.04 bits per heavy atom. The SMILES string of the molecule is CCC(OCCOC(C)=O)Oc1ccc(C(CC(C)(C)C)C(C)(C)C)cc1. The Labute approximate surface area is 165 Å². The van der Waals surface area contributed by atoms with Gasteiger partial charge in [-0.1, -0.05) is 60.6 Å². The lowest BCUT2D eigenvalue weighted by atomic mass is 9.69. The molecule has 1 aromatic carbocycles. The Bertz CT molecular complexity index is 564. The summed E-state index contributed by atoms with van der Waals surface area (Å²) in [5.41, 5.74) is 1.81. The fourth-order valence-corrected chi connectivity index (χ4v) is 3.07. The maximum Gasteiger partial charge on any atom is 0.302 e. The zero-order chi connectivity index (χ0) is 20.7. The van der Waals surface area contributed by atoms with Crippen LogP contribution in [0.3, 0.4) is 0 Å². The van der Waals surface area contributed by atoms with Gasteiger partial charge in [0, 0.05) is 13.3 Å². The number of benzene rings is 1. The Morgan fingerprint density at radius 2 is 1.59 bits per heavy atom. The van der Waals surface area contributed by atoms with Gasteiger partial charge in [0.2, 0.25) is 0 Å². The first-order chi connectivity index (χ1) is 12.4. The minimum absolute atomic E-state index is 0.196. The molecule has 0 amide bonds. The van der Waals surface area contributed by atoms with Crippen molar-refractivity contribution in [1.82, 2.24) is 0 Å². The third-order valence-electron chi connectivity index (χ3n) is 4.44. The van der Waals surface area contributed by atoms with E-state index < -0.39 is 0 Å². The maximum absolute atomic E-state index is 10.8. The van der Waals surface area contributed by atoms with Crippen molar-refractivity contribution >= 4 is 5.97 Å². The van der Waals surface area contributed by atoms with Gasteiger partial charge in [-0.05, 0) is 40.9 Å². The van der Waals surface area contributed by atoms with Crippen LogP contribution in [-0.4, -0.2) is 25.5 Å². The van der Waals surface area contributed by atoms with Crippen LogP contribution in [0.5, 0.6) is 5.75 Å². The first-order valence-corrected chi connectivity index (χ1v) is 9.94. The van der Waals surface area contributed by atoms with Gasteiger partial charge < -0.3 is 14.2 Å². The number of carbonyl (C=O) groups is 1. The van der Waals surface area contributed by atoms with E-state index in [4.69, 9.17) is 14.2 Å². The van der Waals surface area contributed by atoms with E-state index in [1.54, 1.807) is 0 Å². The summed E-state index contributed by atoms with van der Waals surface area (Å²) in [7, 11) is 0. The molecule has 2 atom stereocenters. The topological polar surface area (TPSA) is 44.8 Å². The van der Waals surface area contributed by atoms with Crippen LogP contribution in [0.25, 0.3) is 0 Å². The summed E-state index contributed by atoms with van der Waals surface area (Å²) in [5.74, 6) is 0.974. The molecular formula is C23H38O4. The second kappa shape index (κ2) is 10.1. The van der Waals surface area contributed by atoms with Crippen LogP contribution in [0.1, 0.15) is 79.7 Å². The summed E-state index contributed by atoms with van der Waals surface area (Å²) in [5, 5.41) is 0. The Hall–Kier alpha value is -1.55. The lowest BCUT2D eigenvalue weighted by Crippen LogP contribution is -2.24. The summed E-state index contributed by atoms with van der Waals surface area (Å²) >= 11 is 0. The molecule has 2 unspecified atom stereocenters. The summed E-state index contributed by atoms with van der Waals surface area (Å²) in [4.78, 5) is 10.8. The Balaban J connectivity index is 2.73. The Morgan fingerprint density at radius 1 is 1.00 bits per heavy atom. The number of hydrogen-bond acceptors (Lipinski definition) is 4. The van der Waals surface area contributed by atoms with Gasteiger partial charge in [-0.15, -0.1) is 0 Å². The van der Waals surface area contributed by atoms with E-state index >= 15 is 0 Å². The van der Waals surface area contributed by atoms with Crippen molar-refractivity contribution in [3.63, 3.8) is 0 Å². The number of esters is 1. The van der Waals surface area contributed by atoms with Gasteiger partial charge in [0.15, 0.2) is 6.29 Å². The average Bonchev–Trinajstić information content (AvgIpc) is 2.54. The molecule has 0 N–H and O–H groups in total. The molecule has 154 valence electrons. The molecule has 0 aliphatic carbocycles. The molecule has 0 saturated heterocycles. The van der Waals surface area contributed by atoms with Crippen LogP contribution in [0, 0.1) is 10.8 Å². The second-order valence-electron chi connectivity index (χ2n) is 9.42. The van der Waals surface area contributed by atoms with Crippen molar-refractivity contribution in [2.24, 2.45) is 10.8 Å². The first kappa shape index (κ1) is 23.5. The van der Waals surface area contributed by atoms with Crippen molar-refractivity contribution in [1.29, 1.82) is 0 Å². The van der Waals surface area contributed by atoms with E-state index in [0.717, 1.165) is 18.6 Å². The normalized spacial score (nSPS) is 14.5. The molecule has 0 spiro atoms. The van der Waals surface area contributed by atoms with Crippen molar-refractivity contribution in [3.05, 3.63) is 29.8 Å². The molecule has 4 nitrogen and oxygen atoms in total. The lowest BCUT2D eigenvalue weighted by molar-refractivity contribution is -0.146. The summed E-state index contributed by atoms with van der Waals surface area (Å²) in [6.45, 7) is 17.8. The number of rotatable bonds is 9. The highest BCUT2D eigenvalue weighted by atomic mass is 16.7. The molecule has 0 bridgehead atoms. The highest BCUT2D eigenvalue weighted by Crippen LogP contribution is 2.43. The largest absolute Gasteiger partial charge is 0.465 e. The number of ether oxygens (including phenoxy) is 3. The molecule has 1 aromatic rings. The predicted molar refractivity (Wildman–Crippen MR) is 110 cm³/mol. The van der Waals surface area contributed by atoms with Crippen LogP contribution < -0.4 is 4.74 Å². The molecule has 27 heavy (non-hydrogen) atoms. The van der Waals surface area contributed by atoms with E-state index in [1.807, 2.05) is 19.1 Å². The predicted octanol–water partition coefficient (Wildman–Crippen LogP) is 5.95. The maximum atomic E-state index is 10.8. The summed E-state index contributed by atoms with van der Waals surface area (Å²) in [6.07, 6.45) is 1.50. The van der Waals surface area contributed by atoms with Crippen molar-refractivity contribution in [2.75, 3.05) is 13.2 Å². The minimum Gasteiger partial charge on any atom is -0.465 e. The van der Waals surface area contributed by atoms with Gasteiger partial charge in [-0.3, -0.25) is 4.79 Å². The van der Waals surface area contributed by atoms with Gasteiger partial charge in [-0.2, -0.15) is 0 Å². The van der Waals surface area contributed by atoms with Crippen LogP contribution in [-0.2, 0) is 14.3 Å². The standard InChI is InChI=1S/C23H38O4/c1-9-21(26-15-14-25-17(2)24)27-19-12-10-18(11-13-19)20(23(6,7)8)16-22(3,4)5/h10-13,20-21H,9,14-16H2,1-8H3. The molecule has 0 aliphatic rings. The smallest absolute Gasteiger partial charge is 0.302 e. The van der Waals surface area contributed by atoms with E-state index in [-0.39, 0.29) is 29.7 Å². The molecular weight excluding hydrogens is 340 g/mol. The van der Waals surface area contributed by atoms with Crippen molar-refractivity contribution in [3.8, 4) is 5.75 Å². The molecule has 0 aromatic heterocycles. The first-order valence-electron chi connectivity index (χ1n) is 9.94. The van der Waals surface area contributed by atoms with E-state index in [1.165, 1.54) is 12.5 Å². The van der Waals surface area contributed by atoms with Crippen molar-refractivity contribution < 1.29 is 19.0 Å². The molecule has 0 fully saturated rings. The van der Waals surface area contributed by atoms with Crippen molar-refractivity contribution in [2.45, 2.75) is 80.4 Å². The zero-order valence-corrected chi connectivity index (χ0v) is 18.4. The third kappa shape index (κ3) is 9.28. The van der Waals surface area contributed by atoms with E-state index in [2.05, 4.69) is 53.7 Å². The highest BCUT2D eigenvalue weighted by molar-refractivity contribution is 5.65. The van der Waals surface area contributed by atoms with Gasteiger partial charge in [0.05, 0.1) is 6.61 Å².